The maximum Gasteiger partial charge on any atom is 0.0610 e. The lowest BCUT2D eigenvalue weighted by Crippen LogP contribution is -2.23. The summed E-state index contributed by atoms with van der Waals surface area (Å²) in [6.45, 7) is 5.92. The maximum absolute atomic E-state index is 3.58. The molecule has 0 aromatic heterocycles. The van der Waals surface area contributed by atoms with Gasteiger partial charge in [0.25, 0.3) is 0 Å². The molecule has 0 amide bonds. The van der Waals surface area contributed by atoms with E-state index in [1.165, 1.54) is 49.3 Å². The Hall–Kier alpha value is -1.18. The minimum absolute atomic E-state index is 0.847. The van der Waals surface area contributed by atoms with Gasteiger partial charge in [-0.25, -0.2) is 0 Å². The van der Waals surface area contributed by atoms with Gasteiger partial charge in [-0.3, -0.25) is 0 Å². The van der Waals surface area contributed by atoms with Gasteiger partial charge in [-0.2, -0.15) is 0 Å². The van der Waals surface area contributed by atoms with Gasteiger partial charge in [0.2, 0.25) is 0 Å². The SMILES string of the molecule is CC1CCN(c2cccc3c2NCCC3)C1. The largest absolute Gasteiger partial charge is 0.383 e. The summed E-state index contributed by atoms with van der Waals surface area (Å²) in [6, 6.07) is 6.75. The molecule has 1 unspecified atom stereocenters. The van der Waals surface area contributed by atoms with E-state index >= 15 is 0 Å². The molecule has 1 aromatic carbocycles. The van der Waals surface area contributed by atoms with Crippen LogP contribution in [0.25, 0.3) is 0 Å². The Morgan fingerprint density at radius 2 is 2.31 bits per heavy atom. The van der Waals surface area contributed by atoms with Crippen LogP contribution in [0, 0.1) is 5.92 Å². The molecular weight excluding hydrogens is 196 g/mol. The molecule has 0 bridgehead atoms. The van der Waals surface area contributed by atoms with E-state index < -0.39 is 0 Å². The highest BCUT2D eigenvalue weighted by Crippen LogP contribution is 2.35. The second-order valence-electron chi connectivity index (χ2n) is 5.18. The quantitative estimate of drug-likeness (QED) is 0.776. The van der Waals surface area contributed by atoms with Gasteiger partial charge in [0.1, 0.15) is 0 Å². The first kappa shape index (κ1) is 10.0. The first-order valence-corrected chi connectivity index (χ1v) is 6.45. The molecule has 1 saturated heterocycles. The number of aryl methyl sites for hydroxylation is 1. The topological polar surface area (TPSA) is 15.3 Å². The number of hydrogen-bond donors (Lipinski definition) is 1. The molecule has 0 aliphatic carbocycles. The molecule has 2 aliphatic heterocycles. The van der Waals surface area contributed by atoms with Crippen molar-refractivity contribution < 1.29 is 0 Å². The van der Waals surface area contributed by atoms with E-state index in [0.717, 1.165) is 12.5 Å². The molecule has 86 valence electrons. The van der Waals surface area contributed by atoms with Gasteiger partial charge in [-0.15, -0.1) is 0 Å². The van der Waals surface area contributed by atoms with Gasteiger partial charge in [0, 0.05) is 19.6 Å². The Morgan fingerprint density at radius 3 is 3.12 bits per heavy atom. The fourth-order valence-corrected chi connectivity index (χ4v) is 2.91. The Morgan fingerprint density at radius 1 is 1.38 bits per heavy atom. The van der Waals surface area contributed by atoms with E-state index in [2.05, 4.69) is 35.3 Å². The van der Waals surface area contributed by atoms with Gasteiger partial charge >= 0.3 is 0 Å². The predicted molar refractivity (Wildman–Crippen MR) is 69.2 cm³/mol. The van der Waals surface area contributed by atoms with E-state index in [9.17, 15) is 0 Å². The minimum Gasteiger partial charge on any atom is -0.383 e. The van der Waals surface area contributed by atoms with E-state index in [-0.39, 0.29) is 0 Å². The van der Waals surface area contributed by atoms with Crippen molar-refractivity contribution in [2.75, 3.05) is 29.9 Å². The molecule has 0 saturated carbocycles. The van der Waals surface area contributed by atoms with Crippen LogP contribution in [0.2, 0.25) is 0 Å². The zero-order chi connectivity index (χ0) is 11.0. The Labute approximate surface area is 97.6 Å². The third-order valence-electron chi connectivity index (χ3n) is 3.82. The third-order valence-corrected chi connectivity index (χ3v) is 3.82. The number of para-hydroxylation sites is 1. The van der Waals surface area contributed by atoms with Crippen molar-refractivity contribution in [2.45, 2.75) is 26.2 Å². The lowest BCUT2D eigenvalue weighted by atomic mass is 10.0. The van der Waals surface area contributed by atoms with Crippen LogP contribution < -0.4 is 10.2 Å². The summed E-state index contributed by atoms with van der Waals surface area (Å²) >= 11 is 0. The number of anilines is 2. The normalized spacial score (nSPS) is 24.1. The van der Waals surface area contributed by atoms with Crippen molar-refractivity contribution in [1.29, 1.82) is 0 Å². The van der Waals surface area contributed by atoms with Crippen molar-refractivity contribution in [2.24, 2.45) is 5.92 Å². The van der Waals surface area contributed by atoms with Crippen molar-refractivity contribution in [1.82, 2.24) is 0 Å². The van der Waals surface area contributed by atoms with Gasteiger partial charge in [0.15, 0.2) is 0 Å². The molecule has 2 aliphatic rings. The number of rotatable bonds is 1. The summed E-state index contributed by atoms with van der Waals surface area (Å²) in [5.41, 5.74) is 4.34. The molecule has 1 aromatic rings. The first-order chi connectivity index (χ1) is 7.84. The van der Waals surface area contributed by atoms with Crippen LogP contribution in [-0.4, -0.2) is 19.6 Å². The van der Waals surface area contributed by atoms with Crippen LogP contribution in [0.3, 0.4) is 0 Å². The fraction of sp³-hybridized carbons (Fsp3) is 0.571. The lowest BCUT2D eigenvalue weighted by molar-refractivity contribution is 0.659. The molecule has 1 N–H and O–H groups in total. The van der Waals surface area contributed by atoms with Crippen molar-refractivity contribution in [3.8, 4) is 0 Å². The smallest absolute Gasteiger partial charge is 0.0610 e. The Bertz CT molecular complexity index is 386. The summed E-state index contributed by atoms with van der Waals surface area (Å²) in [6.07, 6.45) is 3.84. The van der Waals surface area contributed by atoms with Crippen LogP contribution in [0.4, 0.5) is 11.4 Å². The molecule has 2 nitrogen and oxygen atoms in total. The van der Waals surface area contributed by atoms with Crippen LogP contribution in [0.15, 0.2) is 18.2 Å². The molecule has 1 atom stereocenters. The first-order valence-electron chi connectivity index (χ1n) is 6.45. The number of benzene rings is 1. The minimum atomic E-state index is 0.847. The second kappa shape index (κ2) is 4.00. The summed E-state index contributed by atoms with van der Waals surface area (Å²) in [5.74, 6) is 0.847. The average molecular weight is 216 g/mol. The zero-order valence-electron chi connectivity index (χ0n) is 10.00. The van der Waals surface area contributed by atoms with Crippen LogP contribution in [0.5, 0.6) is 0 Å². The van der Waals surface area contributed by atoms with Crippen LogP contribution in [-0.2, 0) is 6.42 Å². The Kier molecular flexibility index (Phi) is 2.50. The van der Waals surface area contributed by atoms with Crippen LogP contribution in [0.1, 0.15) is 25.3 Å². The summed E-state index contributed by atoms with van der Waals surface area (Å²) < 4.78 is 0. The number of nitrogens with one attached hydrogen (secondary N) is 1. The van der Waals surface area contributed by atoms with Gasteiger partial charge < -0.3 is 10.2 Å². The molecule has 2 heterocycles. The monoisotopic (exact) mass is 216 g/mol. The zero-order valence-corrected chi connectivity index (χ0v) is 10.00. The van der Waals surface area contributed by atoms with Crippen LogP contribution >= 0.6 is 0 Å². The second-order valence-corrected chi connectivity index (χ2v) is 5.18. The van der Waals surface area contributed by atoms with E-state index in [1.807, 2.05) is 0 Å². The van der Waals surface area contributed by atoms with Crippen molar-refractivity contribution in [3.05, 3.63) is 23.8 Å². The molecule has 16 heavy (non-hydrogen) atoms. The standard InChI is InChI=1S/C14H20N2/c1-11-7-9-16(10-11)13-6-2-4-12-5-3-8-15-14(12)13/h2,4,6,11,15H,3,5,7-10H2,1H3. The van der Waals surface area contributed by atoms with E-state index in [0.29, 0.717) is 0 Å². The number of fused-ring (bicyclic) bond motifs is 1. The summed E-state index contributed by atoms with van der Waals surface area (Å²) in [5, 5.41) is 3.58. The van der Waals surface area contributed by atoms with Crippen molar-refractivity contribution in [3.63, 3.8) is 0 Å². The molecule has 3 rings (SSSR count). The number of hydrogen-bond acceptors (Lipinski definition) is 2. The Balaban J connectivity index is 1.94. The highest BCUT2D eigenvalue weighted by atomic mass is 15.2. The molecule has 0 radical (unpaired) electrons. The fourth-order valence-electron chi connectivity index (χ4n) is 2.91. The van der Waals surface area contributed by atoms with E-state index in [1.54, 1.807) is 0 Å². The van der Waals surface area contributed by atoms with Gasteiger partial charge in [-0.05, 0) is 36.8 Å². The number of nitrogens with zero attached hydrogens (tertiary/aromatic N) is 1. The predicted octanol–water partition coefficient (Wildman–Crippen LogP) is 2.89. The van der Waals surface area contributed by atoms with Crippen molar-refractivity contribution >= 4 is 11.4 Å². The summed E-state index contributed by atoms with van der Waals surface area (Å²) in [7, 11) is 0. The average Bonchev–Trinajstić information content (AvgIpc) is 2.75. The third kappa shape index (κ3) is 1.66. The molecule has 2 heteroatoms. The molecule has 0 spiro atoms. The van der Waals surface area contributed by atoms with Gasteiger partial charge in [-0.1, -0.05) is 19.1 Å². The lowest BCUT2D eigenvalue weighted by Gasteiger charge is -2.27. The molecule has 1 fully saturated rings. The van der Waals surface area contributed by atoms with E-state index in [4.69, 9.17) is 0 Å². The molecular formula is C14H20N2. The maximum atomic E-state index is 3.58. The highest BCUT2D eigenvalue weighted by Gasteiger charge is 2.22. The highest BCUT2D eigenvalue weighted by molar-refractivity contribution is 5.74. The van der Waals surface area contributed by atoms with Gasteiger partial charge in [0.05, 0.1) is 11.4 Å². The summed E-state index contributed by atoms with van der Waals surface area (Å²) in [4.78, 5) is 2.54.